The standard InChI is InChI=1S/C17H24INO2/c1-16(2)10-14(11-17(3,4)19(16)5)21-15(20)12-6-8-13(18)9-7-12/h6-9,14H,10-11H2,1-5H3. The van der Waals surface area contributed by atoms with Gasteiger partial charge in [-0.05, 0) is 81.6 Å². The van der Waals surface area contributed by atoms with E-state index in [-0.39, 0.29) is 23.2 Å². The third-order valence-corrected chi connectivity index (χ3v) is 5.34. The van der Waals surface area contributed by atoms with Crippen LogP contribution in [0.25, 0.3) is 0 Å². The zero-order valence-electron chi connectivity index (χ0n) is 13.4. The second kappa shape index (κ2) is 5.88. The van der Waals surface area contributed by atoms with Crippen LogP contribution in [0.1, 0.15) is 50.9 Å². The summed E-state index contributed by atoms with van der Waals surface area (Å²) in [7, 11) is 2.15. The minimum atomic E-state index is -0.215. The molecule has 0 atom stereocenters. The third kappa shape index (κ3) is 3.77. The van der Waals surface area contributed by atoms with Gasteiger partial charge in [0.25, 0.3) is 0 Å². The highest BCUT2D eigenvalue weighted by atomic mass is 127. The van der Waals surface area contributed by atoms with Crippen molar-refractivity contribution in [1.82, 2.24) is 4.90 Å². The van der Waals surface area contributed by atoms with Crippen LogP contribution >= 0.6 is 22.6 Å². The Kier molecular flexibility index (Phi) is 4.69. The van der Waals surface area contributed by atoms with Crippen LogP contribution in [0.5, 0.6) is 0 Å². The maximum absolute atomic E-state index is 12.3. The Labute approximate surface area is 141 Å². The quantitative estimate of drug-likeness (QED) is 0.552. The molecule has 0 aromatic heterocycles. The Morgan fingerprint density at radius 3 is 2.10 bits per heavy atom. The number of hydrogen-bond acceptors (Lipinski definition) is 3. The Morgan fingerprint density at radius 1 is 1.14 bits per heavy atom. The van der Waals surface area contributed by atoms with E-state index in [0.717, 1.165) is 16.4 Å². The molecule has 3 nitrogen and oxygen atoms in total. The summed E-state index contributed by atoms with van der Waals surface area (Å²) in [5.41, 5.74) is 0.683. The van der Waals surface area contributed by atoms with E-state index < -0.39 is 0 Å². The van der Waals surface area contributed by atoms with Crippen molar-refractivity contribution in [2.24, 2.45) is 0 Å². The summed E-state index contributed by atoms with van der Waals surface area (Å²) in [5, 5.41) is 0. The van der Waals surface area contributed by atoms with Gasteiger partial charge in [-0.25, -0.2) is 4.79 Å². The summed E-state index contributed by atoms with van der Waals surface area (Å²) in [6.07, 6.45) is 1.70. The van der Waals surface area contributed by atoms with E-state index in [1.165, 1.54) is 0 Å². The van der Waals surface area contributed by atoms with Gasteiger partial charge in [-0.1, -0.05) is 0 Å². The van der Waals surface area contributed by atoms with Crippen molar-refractivity contribution in [2.45, 2.75) is 57.7 Å². The number of carbonyl (C=O) groups is 1. The van der Waals surface area contributed by atoms with Gasteiger partial charge < -0.3 is 4.74 Å². The van der Waals surface area contributed by atoms with E-state index in [4.69, 9.17) is 4.74 Å². The smallest absolute Gasteiger partial charge is 0.338 e. The number of ether oxygens (including phenoxy) is 1. The van der Waals surface area contributed by atoms with Gasteiger partial charge >= 0.3 is 5.97 Å². The van der Waals surface area contributed by atoms with Crippen molar-refractivity contribution in [1.29, 1.82) is 0 Å². The normalized spacial score (nSPS) is 22.0. The number of likely N-dealkylation sites (tertiary alicyclic amines) is 1. The van der Waals surface area contributed by atoms with Crippen molar-refractivity contribution >= 4 is 28.6 Å². The van der Waals surface area contributed by atoms with Gasteiger partial charge in [0.05, 0.1) is 5.56 Å². The predicted octanol–water partition coefficient (Wildman–Crippen LogP) is 4.10. The molecular weight excluding hydrogens is 377 g/mol. The van der Waals surface area contributed by atoms with Crippen molar-refractivity contribution in [3.8, 4) is 0 Å². The van der Waals surface area contributed by atoms with Gasteiger partial charge in [0, 0.05) is 27.5 Å². The van der Waals surface area contributed by atoms with Crippen LogP contribution in [0.4, 0.5) is 0 Å². The lowest BCUT2D eigenvalue weighted by molar-refractivity contribution is -0.0732. The van der Waals surface area contributed by atoms with Crippen molar-refractivity contribution in [3.05, 3.63) is 33.4 Å². The largest absolute Gasteiger partial charge is 0.459 e. The lowest BCUT2D eigenvalue weighted by Gasteiger charge is -2.53. The number of rotatable bonds is 2. The van der Waals surface area contributed by atoms with E-state index >= 15 is 0 Å². The van der Waals surface area contributed by atoms with E-state index in [0.29, 0.717) is 5.56 Å². The minimum Gasteiger partial charge on any atom is -0.459 e. The zero-order chi connectivity index (χ0) is 15.8. The first-order valence-electron chi connectivity index (χ1n) is 7.32. The Morgan fingerprint density at radius 2 is 1.62 bits per heavy atom. The first-order valence-corrected chi connectivity index (χ1v) is 8.40. The van der Waals surface area contributed by atoms with Crippen LogP contribution < -0.4 is 0 Å². The monoisotopic (exact) mass is 401 g/mol. The molecule has 1 aromatic carbocycles. The molecule has 1 saturated heterocycles. The SMILES string of the molecule is CN1C(C)(C)CC(OC(=O)c2ccc(I)cc2)CC1(C)C. The molecule has 1 heterocycles. The van der Waals surface area contributed by atoms with Crippen LogP contribution in [0.2, 0.25) is 0 Å². The van der Waals surface area contributed by atoms with Crippen LogP contribution in [-0.4, -0.2) is 35.1 Å². The molecule has 0 bridgehead atoms. The number of benzene rings is 1. The molecule has 0 aliphatic carbocycles. The van der Waals surface area contributed by atoms with Gasteiger partial charge in [-0.15, -0.1) is 0 Å². The molecule has 1 fully saturated rings. The Hall–Kier alpha value is -0.620. The fraction of sp³-hybridized carbons (Fsp3) is 0.588. The molecule has 2 rings (SSSR count). The average Bonchev–Trinajstić information content (AvgIpc) is 2.36. The summed E-state index contributed by atoms with van der Waals surface area (Å²) in [5.74, 6) is -0.215. The summed E-state index contributed by atoms with van der Waals surface area (Å²) in [4.78, 5) is 14.7. The fourth-order valence-electron chi connectivity index (χ4n) is 3.17. The highest BCUT2D eigenvalue weighted by molar-refractivity contribution is 14.1. The molecule has 0 amide bonds. The summed E-state index contributed by atoms with van der Waals surface area (Å²) in [6.45, 7) is 8.83. The molecule has 0 radical (unpaired) electrons. The lowest BCUT2D eigenvalue weighted by atomic mass is 9.79. The first-order chi connectivity index (χ1) is 9.62. The van der Waals surface area contributed by atoms with Gasteiger partial charge in [0.15, 0.2) is 0 Å². The van der Waals surface area contributed by atoms with Crippen LogP contribution in [0, 0.1) is 3.57 Å². The molecule has 0 spiro atoms. The number of hydrogen-bond donors (Lipinski definition) is 0. The Bertz CT molecular complexity index is 504. The predicted molar refractivity (Wildman–Crippen MR) is 93.5 cm³/mol. The second-order valence-electron chi connectivity index (χ2n) is 7.13. The molecule has 21 heavy (non-hydrogen) atoms. The number of piperidine rings is 1. The van der Waals surface area contributed by atoms with E-state index in [9.17, 15) is 4.79 Å². The molecule has 1 aliphatic rings. The van der Waals surface area contributed by atoms with E-state index in [2.05, 4.69) is 62.2 Å². The summed E-state index contributed by atoms with van der Waals surface area (Å²) >= 11 is 2.23. The van der Waals surface area contributed by atoms with Crippen LogP contribution in [0.3, 0.4) is 0 Å². The Balaban J connectivity index is 2.09. The lowest BCUT2D eigenvalue weighted by Crippen LogP contribution is -2.60. The van der Waals surface area contributed by atoms with Crippen LogP contribution in [-0.2, 0) is 4.74 Å². The number of carbonyl (C=O) groups excluding carboxylic acids is 1. The van der Waals surface area contributed by atoms with Gasteiger partial charge in [0.1, 0.15) is 6.10 Å². The first kappa shape index (κ1) is 16.7. The van der Waals surface area contributed by atoms with E-state index in [1.807, 2.05) is 24.3 Å². The number of halogens is 1. The molecule has 0 saturated carbocycles. The summed E-state index contributed by atoms with van der Waals surface area (Å²) < 4.78 is 6.89. The molecule has 4 heteroatoms. The van der Waals surface area contributed by atoms with E-state index in [1.54, 1.807) is 0 Å². The summed E-state index contributed by atoms with van der Waals surface area (Å²) in [6, 6.07) is 7.52. The average molecular weight is 401 g/mol. The molecule has 1 aliphatic heterocycles. The van der Waals surface area contributed by atoms with Gasteiger partial charge in [-0.2, -0.15) is 0 Å². The highest BCUT2D eigenvalue weighted by Gasteiger charge is 2.44. The maximum atomic E-state index is 12.3. The highest BCUT2D eigenvalue weighted by Crippen LogP contribution is 2.38. The topological polar surface area (TPSA) is 29.5 Å². The van der Waals surface area contributed by atoms with Gasteiger partial charge in [-0.3, -0.25) is 4.90 Å². The minimum absolute atomic E-state index is 0.0266. The number of nitrogens with zero attached hydrogens (tertiary/aromatic N) is 1. The van der Waals surface area contributed by atoms with Gasteiger partial charge in [0.2, 0.25) is 0 Å². The second-order valence-corrected chi connectivity index (χ2v) is 8.37. The maximum Gasteiger partial charge on any atom is 0.338 e. The molecule has 0 unspecified atom stereocenters. The van der Waals surface area contributed by atoms with Crippen LogP contribution in [0.15, 0.2) is 24.3 Å². The number of esters is 1. The van der Waals surface area contributed by atoms with Crippen molar-refractivity contribution in [2.75, 3.05) is 7.05 Å². The van der Waals surface area contributed by atoms with Crippen molar-refractivity contribution in [3.63, 3.8) is 0 Å². The molecular formula is C17H24INO2. The molecule has 1 aromatic rings. The zero-order valence-corrected chi connectivity index (χ0v) is 15.6. The van der Waals surface area contributed by atoms with Crippen molar-refractivity contribution < 1.29 is 9.53 Å². The fourth-order valence-corrected chi connectivity index (χ4v) is 3.53. The third-order valence-electron chi connectivity index (χ3n) is 4.62. The molecule has 0 N–H and O–H groups in total. The molecule has 116 valence electrons.